The van der Waals surface area contributed by atoms with Gasteiger partial charge in [-0.25, -0.2) is 14.4 Å². The lowest BCUT2D eigenvalue weighted by atomic mass is 9.72. The van der Waals surface area contributed by atoms with Gasteiger partial charge in [0, 0.05) is 100 Å². The van der Waals surface area contributed by atoms with E-state index in [0.29, 0.717) is 17.5 Å². The van der Waals surface area contributed by atoms with Gasteiger partial charge in [-0.05, 0) is 56.2 Å². The predicted octanol–water partition coefficient (Wildman–Crippen LogP) is 5.54. The molecule has 0 saturated carbocycles. The van der Waals surface area contributed by atoms with Crippen LogP contribution in [0.5, 0.6) is 11.5 Å². The first kappa shape index (κ1) is 30.9. The van der Waals surface area contributed by atoms with Crippen molar-refractivity contribution >= 4 is 28.3 Å². The zero-order valence-corrected chi connectivity index (χ0v) is 27.5. The monoisotopic (exact) mass is 642 g/mol. The van der Waals surface area contributed by atoms with Crippen LogP contribution in [-0.4, -0.2) is 94.2 Å². The topological polar surface area (TPSA) is 76.7 Å². The van der Waals surface area contributed by atoms with E-state index in [0.717, 1.165) is 89.0 Å². The summed E-state index contributed by atoms with van der Waals surface area (Å²) in [5.41, 5.74) is 4.70. The molecule has 5 heterocycles. The molecule has 11 heteroatoms. The highest BCUT2D eigenvalue weighted by atomic mass is 35.5. The Morgan fingerprint density at radius 3 is 2.52 bits per heavy atom. The number of anilines is 1. The number of nitrogens with zero attached hydrogens (tertiary/aromatic N) is 8. The van der Waals surface area contributed by atoms with Crippen molar-refractivity contribution in [3.05, 3.63) is 76.6 Å². The number of piperazine rings is 1. The first-order valence-corrected chi connectivity index (χ1v) is 16.5. The number of ether oxygens (including phenoxy) is 1. The highest BCUT2D eigenvalue weighted by Gasteiger charge is 2.52. The number of hydrogen-bond acceptors (Lipinski definition) is 8. The molecule has 46 heavy (non-hydrogen) atoms. The van der Waals surface area contributed by atoms with Crippen LogP contribution in [0.1, 0.15) is 30.7 Å². The van der Waals surface area contributed by atoms with Gasteiger partial charge >= 0.3 is 0 Å². The molecule has 3 aliphatic heterocycles. The van der Waals surface area contributed by atoms with Crippen molar-refractivity contribution in [1.29, 1.82) is 5.26 Å². The average Bonchev–Trinajstić information content (AvgIpc) is 3.38. The second-order valence-electron chi connectivity index (χ2n) is 13.4. The fraction of sp³-hybridized carbons (Fsp3) is 0.457. The van der Waals surface area contributed by atoms with Crippen LogP contribution in [0.4, 0.5) is 10.2 Å². The van der Waals surface area contributed by atoms with E-state index in [1.165, 1.54) is 35.0 Å². The molecule has 9 nitrogen and oxygen atoms in total. The second-order valence-corrected chi connectivity index (χ2v) is 13.8. The molecule has 3 aliphatic rings. The number of hydrogen-bond donors (Lipinski definition) is 0. The maximum absolute atomic E-state index is 13.6. The first-order chi connectivity index (χ1) is 22.2. The van der Waals surface area contributed by atoms with Crippen molar-refractivity contribution in [3.63, 3.8) is 0 Å². The molecule has 0 bridgehead atoms. The highest BCUT2D eigenvalue weighted by molar-refractivity contribution is 6.30. The second kappa shape index (κ2) is 12.5. The summed E-state index contributed by atoms with van der Waals surface area (Å²) in [6.45, 7) is 17.6. The van der Waals surface area contributed by atoms with Crippen LogP contribution < -0.4 is 9.64 Å². The SMILES string of the molecule is Cc1c(CN2CC3(C2)CN(c2ncncc2Oc2ccc(F)c(Cl)c2)C3)ccc2c1cc(C#N)n2CCN1CCN(C(C)C)CC1. The minimum atomic E-state index is -0.486. The molecule has 240 valence electrons. The van der Waals surface area contributed by atoms with Crippen LogP contribution in [0.2, 0.25) is 5.02 Å². The minimum Gasteiger partial charge on any atom is -0.452 e. The molecule has 0 atom stereocenters. The molecule has 2 aromatic carbocycles. The van der Waals surface area contributed by atoms with Crippen LogP contribution >= 0.6 is 11.6 Å². The number of rotatable bonds is 9. The van der Waals surface area contributed by atoms with Crippen molar-refractivity contribution < 1.29 is 9.13 Å². The third-order valence-corrected chi connectivity index (χ3v) is 10.3. The summed E-state index contributed by atoms with van der Waals surface area (Å²) in [6.07, 6.45) is 3.16. The number of aryl methyl sites for hydroxylation is 1. The van der Waals surface area contributed by atoms with E-state index in [-0.39, 0.29) is 10.4 Å². The molecule has 4 aromatic rings. The average molecular weight is 643 g/mol. The van der Waals surface area contributed by atoms with Gasteiger partial charge in [-0.15, -0.1) is 0 Å². The van der Waals surface area contributed by atoms with E-state index in [4.69, 9.17) is 16.3 Å². The zero-order valence-electron chi connectivity index (χ0n) is 26.7. The van der Waals surface area contributed by atoms with Crippen molar-refractivity contribution in [3.8, 4) is 17.6 Å². The normalized spacial score (nSPS) is 18.6. The number of likely N-dealkylation sites (tertiary alicyclic amines) is 1. The first-order valence-electron chi connectivity index (χ1n) is 16.1. The summed E-state index contributed by atoms with van der Waals surface area (Å²) >= 11 is 5.94. The lowest BCUT2D eigenvalue weighted by Crippen LogP contribution is -2.72. The van der Waals surface area contributed by atoms with Crippen LogP contribution in [0, 0.1) is 29.5 Å². The molecule has 7 rings (SSSR count). The van der Waals surface area contributed by atoms with E-state index in [2.05, 4.69) is 79.2 Å². The maximum Gasteiger partial charge on any atom is 0.188 e. The Morgan fingerprint density at radius 1 is 1.02 bits per heavy atom. The molecule has 0 radical (unpaired) electrons. The molecule has 0 unspecified atom stereocenters. The lowest BCUT2D eigenvalue weighted by molar-refractivity contribution is -0.0278. The molecule has 1 spiro atoms. The maximum atomic E-state index is 13.6. The van der Waals surface area contributed by atoms with Gasteiger partial charge in [0.15, 0.2) is 11.6 Å². The number of nitriles is 1. The fourth-order valence-corrected chi connectivity index (χ4v) is 7.60. The minimum absolute atomic E-state index is 0.0112. The molecule has 0 N–H and O–H groups in total. The van der Waals surface area contributed by atoms with Crippen LogP contribution in [0.3, 0.4) is 0 Å². The van der Waals surface area contributed by atoms with Crippen LogP contribution in [0.15, 0.2) is 48.9 Å². The molecule has 0 amide bonds. The van der Waals surface area contributed by atoms with E-state index in [1.807, 2.05) is 0 Å². The molecule has 2 aromatic heterocycles. The van der Waals surface area contributed by atoms with Crippen molar-refractivity contribution in [2.24, 2.45) is 5.41 Å². The number of fused-ring (bicyclic) bond motifs is 1. The molecule has 3 saturated heterocycles. The molecular weight excluding hydrogens is 603 g/mol. The molecule has 3 fully saturated rings. The molecule has 0 aliphatic carbocycles. The van der Waals surface area contributed by atoms with Gasteiger partial charge in [-0.3, -0.25) is 14.7 Å². The third-order valence-electron chi connectivity index (χ3n) is 10.0. The van der Waals surface area contributed by atoms with Gasteiger partial charge in [0.25, 0.3) is 0 Å². The van der Waals surface area contributed by atoms with E-state index < -0.39 is 5.82 Å². The Bertz CT molecular complexity index is 1780. The Balaban J connectivity index is 0.960. The van der Waals surface area contributed by atoms with Crippen molar-refractivity contribution in [2.75, 3.05) is 63.8 Å². The largest absolute Gasteiger partial charge is 0.452 e. The Morgan fingerprint density at radius 2 is 1.80 bits per heavy atom. The molecular formula is C35H40ClFN8O. The quantitative estimate of drug-likeness (QED) is 0.236. The van der Waals surface area contributed by atoms with E-state index in [1.54, 1.807) is 12.3 Å². The fourth-order valence-electron chi connectivity index (χ4n) is 7.43. The number of benzene rings is 2. The number of halogens is 2. The number of aromatic nitrogens is 3. The zero-order chi connectivity index (χ0) is 32.0. The Labute approximate surface area is 274 Å². The standard InChI is InChI=1S/C35H40ClFN8O/c1-24(2)43-11-8-41(9-12-43)10-13-45-27(16-38)14-29-25(3)26(4-7-32(29)45)18-42-19-35(20-42)21-44(22-35)34-33(17-39-23-40-34)46-28-5-6-31(37)30(36)15-28/h4-7,14-15,17,23-24H,8-13,18-22H2,1-3H3. The van der Waals surface area contributed by atoms with E-state index >= 15 is 0 Å². The highest BCUT2D eigenvalue weighted by Crippen LogP contribution is 2.45. The summed E-state index contributed by atoms with van der Waals surface area (Å²) < 4.78 is 21.8. The predicted molar refractivity (Wildman–Crippen MR) is 178 cm³/mol. The van der Waals surface area contributed by atoms with Crippen LogP contribution in [0.25, 0.3) is 10.9 Å². The van der Waals surface area contributed by atoms with Gasteiger partial charge in [0.1, 0.15) is 29.7 Å². The van der Waals surface area contributed by atoms with Crippen molar-refractivity contribution in [1.82, 2.24) is 29.2 Å². The van der Waals surface area contributed by atoms with Crippen molar-refractivity contribution in [2.45, 2.75) is 39.9 Å². The Hall–Kier alpha value is -3.75. The summed E-state index contributed by atoms with van der Waals surface area (Å²) in [6, 6.07) is 13.9. The van der Waals surface area contributed by atoms with Gasteiger partial charge < -0.3 is 14.2 Å². The summed E-state index contributed by atoms with van der Waals surface area (Å²) in [7, 11) is 0. The smallest absolute Gasteiger partial charge is 0.188 e. The summed E-state index contributed by atoms with van der Waals surface area (Å²) in [5.74, 6) is 1.21. The Kier molecular flexibility index (Phi) is 8.36. The summed E-state index contributed by atoms with van der Waals surface area (Å²) in [5, 5.41) is 11.2. The van der Waals surface area contributed by atoms with Gasteiger partial charge in [0.05, 0.1) is 11.2 Å². The van der Waals surface area contributed by atoms with Crippen LogP contribution in [-0.2, 0) is 13.1 Å². The van der Waals surface area contributed by atoms with Gasteiger partial charge in [-0.1, -0.05) is 17.7 Å². The van der Waals surface area contributed by atoms with E-state index in [9.17, 15) is 9.65 Å². The van der Waals surface area contributed by atoms with Gasteiger partial charge in [-0.2, -0.15) is 5.26 Å². The summed E-state index contributed by atoms with van der Waals surface area (Å²) in [4.78, 5) is 18.4. The lowest BCUT2D eigenvalue weighted by Gasteiger charge is -2.60. The van der Waals surface area contributed by atoms with Gasteiger partial charge in [0.2, 0.25) is 0 Å². The third kappa shape index (κ3) is 5.93.